The minimum Gasteiger partial charge on any atom is -0.484 e. The van der Waals surface area contributed by atoms with Gasteiger partial charge in [-0.05, 0) is 49.4 Å². The molecular weight excluding hydrogens is 439 g/mol. The number of carbonyl (C=O) groups excluding carboxylic acids is 1. The molecule has 29 heavy (non-hydrogen) atoms. The molecule has 7 heteroatoms. The van der Waals surface area contributed by atoms with Gasteiger partial charge in [0, 0.05) is 23.1 Å². The van der Waals surface area contributed by atoms with Gasteiger partial charge in [0.2, 0.25) is 0 Å². The molecule has 0 bridgehead atoms. The Morgan fingerprint density at radius 1 is 1.24 bits per heavy atom. The van der Waals surface area contributed by atoms with E-state index in [1.807, 2.05) is 6.92 Å². The molecule has 0 aliphatic heterocycles. The third-order valence-corrected chi connectivity index (χ3v) is 4.78. The Balaban J connectivity index is 1.69. The smallest absolute Gasteiger partial charge is 0.289 e. The van der Waals surface area contributed by atoms with Crippen molar-refractivity contribution in [3.05, 3.63) is 87.5 Å². The number of nitriles is 1. The SMILES string of the molecule is CCN(Cc1cc(Br)ccc1F)C(=O)c1ccc(COc2ccccc2C#N)o1. The molecule has 0 N–H and O–H groups in total. The first-order valence-electron chi connectivity index (χ1n) is 8.95. The number of para-hydroxylation sites is 1. The van der Waals surface area contributed by atoms with Crippen molar-refractivity contribution in [3.8, 4) is 11.8 Å². The zero-order valence-electron chi connectivity index (χ0n) is 15.7. The van der Waals surface area contributed by atoms with Crippen LogP contribution in [0, 0.1) is 17.1 Å². The van der Waals surface area contributed by atoms with Gasteiger partial charge in [0.15, 0.2) is 5.76 Å². The van der Waals surface area contributed by atoms with Gasteiger partial charge in [-0.1, -0.05) is 28.1 Å². The number of amides is 1. The first kappa shape index (κ1) is 20.6. The van der Waals surface area contributed by atoms with Gasteiger partial charge in [-0.3, -0.25) is 4.79 Å². The zero-order chi connectivity index (χ0) is 20.8. The van der Waals surface area contributed by atoms with Gasteiger partial charge < -0.3 is 14.1 Å². The minimum atomic E-state index is -0.371. The molecule has 0 atom stereocenters. The lowest BCUT2D eigenvalue weighted by Crippen LogP contribution is -2.30. The van der Waals surface area contributed by atoms with Crippen LogP contribution in [0.1, 0.15) is 34.4 Å². The molecular formula is C22H18BrFN2O3. The highest BCUT2D eigenvalue weighted by Gasteiger charge is 2.20. The van der Waals surface area contributed by atoms with Crippen LogP contribution in [-0.2, 0) is 13.2 Å². The molecule has 0 aliphatic carbocycles. The molecule has 0 spiro atoms. The van der Waals surface area contributed by atoms with Crippen molar-refractivity contribution < 1.29 is 18.3 Å². The summed E-state index contributed by atoms with van der Waals surface area (Å²) in [4.78, 5) is 14.3. The average molecular weight is 457 g/mol. The molecule has 3 rings (SSSR count). The second kappa shape index (κ2) is 9.39. The number of halogens is 2. The van der Waals surface area contributed by atoms with E-state index in [2.05, 4.69) is 22.0 Å². The van der Waals surface area contributed by atoms with Gasteiger partial charge in [-0.15, -0.1) is 0 Å². The summed E-state index contributed by atoms with van der Waals surface area (Å²) in [5.74, 6) is 0.333. The van der Waals surface area contributed by atoms with Crippen LogP contribution in [-0.4, -0.2) is 17.4 Å². The molecule has 3 aromatic rings. The summed E-state index contributed by atoms with van der Waals surface area (Å²) >= 11 is 3.32. The summed E-state index contributed by atoms with van der Waals surface area (Å²) in [6, 6.07) is 16.8. The van der Waals surface area contributed by atoms with Crippen molar-refractivity contribution >= 4 is 21.8 Å². The third kappa shape index (κ3) is 5.04. The molecule has 1 amide bonds. The topological polar surface area (TPSA) is 66.5 Å². The number of furan rings is 1. The van der Waals surface area contributed by atoms with Gasteiger partial charge >= 0.3 is 0 Å². The van der Waals surface area contributed by atoms with Crippen molar-refractivity contribution in [2.45, 2.75) is 20.1 Å². The van der Waals surface area contributed by atoms with Crippen LogP contribution in [0.5, 0.6) is 5.75 Å². The average Bonchev–Trinajstić information content (AvgIpc) is 3.21. The van der Waals surface area contributed by atoms with Crippen LogP contribution in [0.3, 0.4) is 0 Å². The first-order valence-corrected chi connectivity index (χ1v) is 9.75. The molecule has 0 fully saturated rings. The normalized spacial score (nSPS) is 10.4. The minimum absolute atomic E-state index is 0.0817. The quantitative estimate of drug-likeness (QED) is 0.484. The highest BCUT2D eigenvalue weighted by atomic mass is 79.9. The van der Waals surface area contributed by atoms with Crippen molar-refractivity contribution in [2.75, 3.05) is 6.54 Å². The van der Waals surface area contributed by atoms with E-state index in [-0.39, 0.29) is 30.6 Å². The fourth-order valence-electron chi connectivity index (χ4n) is 2.76. The van der Waals surface area contributed by atoms with Gasteiger partial charge in [-0.25, -0.2) is 4.39 Å². The predicted octanol–water partition coefficient (Wildman–Crippen LogP) is 5.29. The van der Waals surface area contributed by atoms with Crippen LogP contribution in [0.4, 0.5) is 4.39 Å². The molecule has 0 aliphatic rings. The van der Waals surface area contributed by atoms with E-state index >= 15 is 0 Å². The zero-order valence-corrected chi connectivity index (χ0v) is 17.3. The Hall–Kier alpha value is -3.11. The first-order chi connectivity index (χ1) is 14.0. The van der Waals surface area contributed by atoms with Gasteiger partial charge in [-0.2, -0.15) is 5.26 Å². The second-order valence-electron chi connectivity index (χ2n) is 6.22. The van der Waals surface area contributed by atoms with E-state index in [1.165, 1.54) is 11.0 Å². The Morgan fingerprint density at radius 2 is 2.03 bits per heavy atom. The van der Waals surface area contributed by atoms with Crippen molar-refractivity contribution in [1.29, 1.82) is 5.26 Å². The summed E-state index contributed by atoms with van der Waals surface area (Å²) in [7, 11) is 0. The lowest BCUT2D eigenvalue weighted by molar-refractivity contribution is 0.0714. The lowest BCUT2D eigenvalue weighted by Gasteiger charge is -2.20. The van der Waals surface area contributed by atoms with Crippen LogP contribution in [0.25, 0.3) is 0 Å². The van der Waals surface area contributed by atoms with Crippen molar-refractivity contribution in [3.63, 3.8) is 0 Å². The number of rotatable bonds is 7. The molecule has 1 heterocycles. The van der Waals surface area contributed by atoms with Crippen LogP contribution >= 0.6 is 15.9 Å². The largest absolute Gasteiger partial charge is 0.484 e. The number of carbonyl (C=O) groups is 1. The van der Waals surface area contributed by atoms with Crippen LogP contribution in [0.15, 0.2) is 63.5 Å². The highest BCUT2D eigenvalue weighted by Crippen LogP contribution is 2.21. The van der Waals surface area contributed by atoms with Crippen LogP contribution < -0.4 is 4.74 Å². The Labute approximate surface area is 176 Å². The summed E-state index contributed by atoms with van der Waals surface area (Å²) in [5.41, 5.74) is 0.835. The number of benzene rings is 2. The molecule has 0 unspecified atom stereocenters. The Bertz CT molecular complexity index is 1060. The number of hydrogen-bond donors (Lipinski definition) is 0. The molecule has 148 valence electrons. The van der Waals surface area contributed by atoms with Gasteiger partial charge in [0.25, 0.3) is 5.91 Å². The maximum atomic E-state index is 14.0. The molecule has 5 nitrogen and oxygen atoms in total. The molecule has 2 aromatic carbocycles. The summed E-state index contributed by atoms with van der Waals surface area (Å²) in [6.45, 7) is 2.42. The van der Waals surface area contributed by atoms with E-state index in [0.717, 1.165) is 4.47 Å². The van der Waals surface area contributed by atoms with E-state index in [9.17, 15) is 9.18 Å². The second-order valence-corrected chi connectivity index (χ2v) is 7.13. The molecule has 1 aromatic heterocycles. The molecule has 0 radical (unpaired) electrons. The highest BCUT2D eigenvalue weighted by molar-refractivity contribution is 9.10. The Kier molecular flexibility index (Phi) is 6.68. The third-order valence-electron chi connectivity index (χ3n) is 4.29. The lowest BCUT2D eigenvalue weighted by atomic mass is 10.2. The maximum absolute atomic E-state index is 14.0. The number of hydrogen-bond acceptors (Lipinski definition) is 4. The molecule has 0 saturated heterocycles. The summed E-state index contributed by atoms with van der Waals surface area (Å²) in [6.07, 6.45) is 0. The Morgan fingerprint density at radius 3 is 2.79 bits per heavy atom. The predicted molar refractivity (Wildman–Crippen MR) is 109 cm³/mol. The van der Waals surface area contributed by atoms with E-state index in [1.54, 1.807) is 48.5 Å². The maximum Gasteiger partial charge on any atom is 0.289 e. The standard InChI is InChI=1S/C22H18BrFN2O3/c1-2-26(13-16-11-17(23)7-9-19(16)24)22(27)21-10-8-18(29-21)14-28-20-6-4-3-5-15(20)12-25/h3-11H,2,13-14H2,1H3. The van der Waals surface area contributed by atoms with Gasteiger partial charge in [0.1, 0.15) is 30.0 Å². The van der Waals surface area contributed by atoms with Crippen molar-refractivity contribution in [1.82, 2.24) is 4.90 Å². The number of ether oxygens (including phenoxy) is 1. The summed E-state index contributed by atoms with van der Waals surface area (Å²) < 4.78 is 26.0. The van der Waals surface area contributed by atoms with Crippen molar-refractivity contribution in [2.24, 2.45) is 0 Å². The monoisotopic (exact) mass is 456 g/mol. The number of nitrogens with zero attached hydrogens (tertiary/aromatic N) is 2. The van der Waals surface area contributed by atoms with Crippen LogP contribution in [0.2, 0.25) is 0 Å². The van der Waals surface area contributed by atoms with E-state index < -0.39 is 0 Å². The van der Waals surface area contributed by atoms with E-state index in [0.29, 0.717) is 29.2 Å². The fourth-order valence-corrected chi connectivity index (χ4v) is 3.17. The molecule has 0 saturated carbocycles. The fraction of sp³-hybridized carbons (Fsp3) is 0.182. The van der Waals surface area contributed by atoms with E-state index in [4.69, 9.17) is 14.4 Å². The summed E-state index contributed by atoms with van der Waals surface area (Å²) in [5, 5.41) is 9.11. The van der Waals surface area contributed by atoms with Gasteiger partial charge in [0.05, 0.1) is 5.56 Å².